The van der Waals surface area contributed by atoms with Gasteiger partial charge in [0.25, 0.3) is 0 Å². The number of hydrogen-bond acceptors (Lipinski definition) is 0. The first-order valence-corrected chi connectivity index (χ1v) is 12.3. The van der Waals surface area contributed by atoms with E-state index in [1.165, 1.54) is 16.3 Å². The molecule has 2 aromatic carbocycles. The summed E-state index contributed by atoms with van der Waals surface area (Å²) in [7, 11) is -0.522. The second-order valence-corrected chi connectivity index (χ2v) is 10.6. The van der Waals surface area contributed by atoms with Crippen LogP contribution in [-0.4, -0.2) is 13.3 Å². The molecule has 27 heavy (non-hydrogen) atoms. The zero-order valence-electron chi connectivity index (χ0n) is 15.6. The minimum atomic E-state index is -0.446. The van der Waals surface area contributed by atoms with Gasteiger partial charge in [-0.3, -0.25) is 0 Å². The van der Waals surface area contributed by atoms with Crippen LogP contribution < -0.4 is 10.6 Å². The Morgan fingerprint density at radius 1 is 0.519 bits per heavy atom. The van der Waals surface area contributed by atoms with Gasteiger partial charge in [0.15, 0.2) is 0 Å². The van der Waals surface area contributed by atoms with Crippen LogP contribution in [0.15, 0.2) is 60.7 Å². The average molecular weight is 430 g/mol. The molecule has 3 heteroatoms. The van der Waals surface area contributed by atoms with E-state index in [4.69, 9.17) is 0 Å². The maximum Gasteiger partial charge on any atom is 2.00 e. The van der Waals surface area contributed by atoms with Gasteiger partial charge in [0.05, 0.1) is 0 Å². The Hall–Kier alpha value is -0.181. The normalized spacial score (nSPS) is 17.6. The molecule has 0 atom stereocenters. The van der Waals surface area contributed by atoms with Crippen molar-refractivity contribution in [3.63, 3.8) is 0 Å². The average Bonchev–Trinajstić information content (AvgIpc) is 3.39. The molecule has 0 bridgehead atoms. The molecule has 136 valence electrons. The summed E-state index contributed by atoms with van der Waals surface area (Å²) < 4.78 is 0. The summed E-state index contributed by atoms with van der Waals surface area (Å²) in [6.45, 7) is 4.69. The van der Waals surface area contributed by atoms with Crippen molar-refractivity contribution in [2.75, 3.05) is 13.3 Å². The summed E-state index contributed by atoms with van der Waals surface area (Å²) in [6.07, 6.45) is 16.8. The maximum absolute atomic E-state index is 2.34. The topological polar surface area (TPSA) is 0 Å². The van der Waals surface area contributed by atoms with Crippen molar-refractivity contribution in [1.29, 1.82) is 0 Å². The summed E-state index contributed by atoms with van der Waals surface area (Å²) in [4.78, 5) is 0. The van der Waals surface area contributed by atoms with Gasteiger partial charge in [-0.1, -0.05) is 60.7 Å². The van der Waals surface area contributed by atoms with Crippen LogP contribution in [0.3, 0.4) is 0 Å². The zero-order chi connectivity index (χ0) is 18.2. The summed E-state index contributed by atoms with van der Waals surface area (Å²) in [5.41, 5.74) is 3.07. The minimum Gasteiger partial charge on any atom is -0.104 e. The van der Waals surface area contributed by atoms with Gasteiger partial charge in [-0.05, 0) is 83.2 Å². The van der Waals surface area contributed by atoms with Gasteiger partial charge in [0.2, 0.25) is 0 Å². The van der Waals surface area contributed by atoms with Crippen LogP contribution >= 0.6 is 15.8 Å². The molecule has 2 fully saturated rings. The van der Waals surface area contributed by atoms with Crippen LogP contribution in [0.25, 0.3) is 0 Å². The maximum atomic E-state index is 2.34. The molecule has 0 saturated heterocycles. The quantitative estimate of drug-likeness (QED) is 0.440. The second-order valence-electron chi connectivity index (χ2n) is 6.16. The number of hydrogen-bond donors (Lipinski definition) is 0. The third-order valence-corrected chi connectivity index (χ3v) is 8.11. The van der Waals surface area contributed by atoms with Crippen LogP contribution in [0.1, 0.15) is 0 Å². The van der Waals surface area contributed by atoms with E-state index in [1.807, 2.05) is 32.1 Å². The van der Waals surface area contributed by atoms with E-state index in [-0.39, 0.29) is 25.0 Å². The van der Waals surface area contributed by atoms with E-state index in [1.54, 1.807) is 5.66 Å². The summed E-state index contributed by atoms with van der Waals surface area (Å²) >= 11 is 0. The molecule has 0 spiro atoms. The predicted molar refractivity (Wildman–Crippen MR) is 119 cm³/mol. The first kappa shape index (κ1) is 23.1. The van der Waals surface area contributed by atoms with Gasteiger partial charge < -0.3 is 0 Å². The Labute approximate surface area is 179 Å². The van der Waals surface area contributed by atoms with Gasteiger partial charge in [0, 0.05) is 11.3 Å². The standard InChI is InChI=1S/C19H19P2.C5H5.Fe/c1-20(2)18-14-9-15-19(18)21(16-10-5-3-6-11-16)17-12-7-4-8-13-17;1-2-4-5-3-1;/h3-15H,1-2H3;1-5H;/q;;+2. The Kier molecular flexibility index (Phi) is 10.6. The van der Waals surface area contributed by atoms with E-state index in [9.17, 15) is 0 Å². The molecule has 10 radical (unpaired) electrons. The van der Waals surface area contributed by atoms with Crippen molar-refractivity contribution in [1.82, 2.24) is 0 Å². The second kappa shape index (κ2) is 12.4. The third-order valence-electron chi connectivity index (χ3n) is 4.08. The predicted octanol–water partition coefficient (Wildman–Crippen LogP) is 5.57. The molecular weight excluding hydrogens is 406 g/mol. The first-order chi connectivity index (χ1) is 12.8. The molecule has 0 heterocycles. The van der Waals surface area contributed by atoms with Crippen molar-refractivity contribution < 1.29 is 17.1 Å². The van der Waals surface area contributed by atoms with Gasteiger partial charge >= 0.3 is 17.1 Å². The molecule has 2 aromatic rings. The molecule has 2 saturated carbocycles. The molecule has 0 amide bonds. The molecule has 0 aromatic heterocycles. The van der Waals surface area contributed by atoms with Crippen LogP contribution in [-0.2, 0) is 17.1 Å². The van der Waals surface area contributed by atoms with Gasteiger partial charge in [-0.25, -0.2) is 0 Å². The van der Waals surface area contributed by atoms with Crippen LogP contribution in [0.5, 0.6) is 0 Å². The zero-order valence-corrected chi connectivity index (χ0v) is 18.5. The Morgan fingerprint density at radius 2 is 0.926 bits per heavy atom. The summed E-state index contributed by atoms with van der Waals surface area (Å²) in [5, 5.41) is 2.87. The fraction of sp³-hybridized carbons (Fsp3) is 0.0833. The first-order valence-electron chi connectivity index (χ1n) is 8.77. The fourth-order valence-electron chi connectivity index (χ4n) is 2.87. The van der Waals surface area contributed by atoms with E-state index in [0.29, 0.717) is 0 Å². The van der Waals surface area contributed by atoms with Crippen molar-refractivity contribution >= 4 is 26.5 Å². The smallest absolute Gasteiger partial charge is 0.104 e. The molecule has 2 aliphatic carbocycles. The van der Waals surface area contributed by atoms with Crippen LogP contribution in [0.2, 0.25) is 0 Å². The van der Waals surface area contributed by atoms with Gasteiger partial charge in [-0.15, -0.1) is 7.92 Å². The summed E-state index contributed by atoms with van der Waals surface area (Å²) in [5.74, 6) is 0. The number of rotatable bonds is 4. The fourth-order valence-corrected chi connectivity index (χ4v) is 7.02. The Balaban J connectivity index is 0.000000379. The molecule has 0 unspecified atom stereocenters. The molecule has 4 rings (SSSR count). The van der Waals surface area contributed by atoms with Gasteiger partial charge in [-0.2, -0.15) is 0 Å². The molecule has 0 N–H and O–H groups in total. The van der Waals surface area contributed by atoms with Crippen molar-refractivity contribution in [3.05, 3.63) is 123 Å². The Bertz CT molecular complexity index is 578. The van der Waals surface area contributed by atoms with Crippen LogP contribution in [0.4, 0.5) is 0 Å². The monoisotopic (exact) mass is 430 g/mol. The van der Waals surface area contributed by atoms with Gasteiger partial charge in [0.1, 0.15) is 0 Å². The molecular formula is C24H24FeP2+2. The number of benzene rings is 2. The molecule has 2 aliphatic rings. The van der Waals surface area contributed by atoms with E-state index < -0.39 is 7.92 Å². The minimum absolute atomic E-state index is 0. The van der Waals surface area contributed by atoms with Crippen molar-refractivity contribution in [3.8, 4) is 0 Å². The SMILES string of the molecule is CP(C)[C]1[CH][CH][CH][C]1P(c1ccccc1)c1ccccc1.[CH]1[CH][CH][CH][CH]1.[Fe+2]. The van der Waals surface area contributed by atoms with Crippen molar-refractivity contribution in [2.45, 2.75) is 0 Å². The summed E-state index contributed by atoms with van der Waals surface area (Å²) in [6, 6.07) is 21.9. The third kappa shape index (κ3) is 6.68. The van der Waals surface area contributed by atoms with Crippen molar-refractivity contribution in [2.24, 2.45) is 0 Å². The van der Waals surface area contributed by atoms with Crippen LogP contribution in [0, 0.1) is 62.7 Å². The van der Waals surface area contributed by atoms with E-state index in [2.05, 4.69) is 93.3 Å². The van der Waals surface area contributed by atoms with E-state index in [0.717, 1.165) is 0 Å². The molecule has 0 nitrogen and oxygen atoms in total. The van der Waals surface area contributed by atoms with E-state index >= 15 is 0 Å². The Morgan fingerprint density at radius 3 is 1.33 bits per heavy atom. The largest absolute Gasteiger partial charge is 2.00 e. The molecule has 0 aliphatic heterocycles.